The van der Waals surface area contributed by atoms with E-state index < -0.39 is 35.2 Å². The van der Waals surface area contributed by atoms with Crippen LogP contribution in [-0.2, 0) is 0 Å². The van der Waals surface area contributed by atoms with E-state index in [1.807, 2.05) is 0 Å². The second-order valence-corrected chi connectivity index (χ2v) is 3.77. The van der Waals surface area contributed by atoms with Gasteiger partial charge in [0.1, 0.15) is 0 Å². The van der Waals surface area contributed by atoms with Gasteiger partial charge >= 0.3 is 12.1 Å². The molecule has 1 atom stereocenters. The van der Waals surface area contributed by atoms with Crippen molar-refractivity contribution in [3.8, 4) is 0 Å². The summed E-state index contributed by atoms with van der Waals surface area (Å²) in [6.07, 6.45) is -9.83. The molecule has 0 saturated carbocycles. The van der Waals surface area contributed by atoms with Crippen molar-refractivity contribution in [2.24, 2.45) is 0 Å². The van der Waals surface area contributed by atoms with Crippen LogP contribution in [0.5, 0.6) is 0 Å². The number of halogens is 5. The standard InChI is InChI=1S/C10H8F5NO3/c11-9(12,10(13,14)15)5-8(17)6-2-1-3-7(4-6)16(18)19/h1-4,8,17H,5H2. The van der Waals surface area contributed by atoms with Crippen molar-refractivity contribution >= 4 is 5.69 Å². The SMILES string of the molecule is O=[N+]([O-])c1cccc(C(O)CC(F)(F)C(F)(F)F)c1. The molecule has 0 bridgehead atoms. The summed E-state index contributed by atoms with van der Waals surface area (Å²) in [5.74, 6) is -5.07. The van der Waals surface area contributed by atoms with Crippen LogP contribution in [0.1, 0.15) is 18.1 Å². The fraction of sp³-hybridized carbons (Fsp3) is 0.400. The summed E-state index contributed by atoms with van der Waals surface area (Å²) in [6, 6.07) is 3.89. The van der Waals surface area contributed by atoms with Crippen LogP contribution in [0.15, 0.2) is 24.3 Å². The number of rotatable bonds is 4. The lowest BCUT2D eigenvalue weighted by Crippen LogP contribution is -2.37. The molecule has 0 radical (unpaired) electrons. The van der Waals surface area contributed by atoms with E-state index in [1.54, 1.807) is 0 Å². The fourth-order valence-electron chi connectivity index (χ4n) is 1.32. The van der Waals surface area contributed by atoms with E-state index >= 15 is 0 Å². The Morgan fingerprint density at radius 2 is 1.84 bits per heavy atom. The largest absolute Gasteiger partial charge is 0.453 e. The van der Waals surface area contributed by atoms with Gasteiger partial charge in [0, 0.05) is 12.1 Å². The van der Waals surface area contributed by atoms with Crippen molar-refractivity contribution < 1.29 is 32.0 Å². The molecule has 0 amide bonds. The van der Waals surface area contributed by atoms with Gasteiger partial charge in [0.15, 0.2) is 0 Å². The van der Waals surface area contributed by atoms with Gasteiger partial charge in [0.05, 0.1) is 17.4 Å². The monoisotopic (exact) mass is 285 g/mol. The lowest BCUT2D eigenvalue weighted by atomic mass is 10.0. The van der Waals surface area contributed by atoms with Crippen molar-refractivity contribution in [3.63, 3.8) is 0 Å². The molecule has 1 aromatic carbocycles. The summed E-state index contributed by atoms with van der Waals surface area (Å²) in [7, 11) is 0. The van der Waals surface area contributed by atoms with Gasteiger partial charge in [0.2, 0.25) is 0 Å². The smallest absolute Gasteiger partial charge is 0.388 e. The molecule has 106 valence electrons. The molecule has 9 heteroatoms. The lowest BCUT2D eigenvalue weighted by molar-refractivity contribution is -0.385. The lowest BCUT2D eigenvalue weighted by Gasteiger charge is -2.22. The van der Waals surface area contributed by atoms with Gasteiger partial charge in [-0.1, -0.05) is 12.1 Å². The highest BCUT2D eigenvalue weighted by Crippen LogP contribution is 2.41. The first-order valence-electron chi connectivity index (χ1n) is 4.91. The number of non-ortho nitro benzene ring substituents is 1. The van der Waals surface area contributed by atoms with Crippen molar-refractivity contribution in [1.82, 2.24) is 0 Å². The van der Waals surface area contributed by atoms with E-state index in [0.717, 1.165) is 24.3 Å². The van der Waals surface area contributed by atoms with Crippen molar-refractivity contribution in [2.45, 2.75) is 24.6 Å². The van der Waals surface area contributed by atoms with Crippen LogP contribution < -0.4 is 0 Å². The van der Waals surface area contributed by atoms with E-state index in [9.17, 15) is 37.2 Å². The van der Waals surface area contributed by atoms with Crippen LogP contribution in [0, 0.1) is 10.1 Å². The molecule has 19 heavy (non-hydrogen) atoms. The molecule has 1 unspecified atom stereocenters. The summed E-state index contributed by atoms with van der Waals surface area (Å²) in [4.78, 5) is 9.57. The van der Waals surface area contributed by atoms with E-state index in [0.29, 0.717) is 0 Å². The van der Waals surface area contributed by atoms with Crippen LogP contribution in [0.25, 0.3) is 0 Å². The van der Waals surface area contributed by atoms with Crippen molar-refractivity contribution in [3.05, 3.63) is 39.9 Å². The molecule has 1 aromatic rings. The van der Waals surface area contributed by atoms with Gasteiger partial charge in [-0.05, 0) is 5.56 Å². The predicted molar refractivity (Wildman–Crippen MR) is 53.7 cm³/mol. The zero-order valence-electron chi connectivity index (χ0n) is 9.19. The molecular formula is C10H8F5NO3. The number of aliphatic hydroxyl groups is 1. The summed E-state index contributed by atoms with van der Waals surface area (Å²) in [6.45, 7) is 0. The minimum atomic E-state index is -5.78. The first-order chi connectivity index (χ1) is 8.54. The molecule has 0 fully saturated rings. The molecule has 0 aliphatic heterocycles. The third kappa shape index (κ3) is 3.60. The maximum atomic E-state index is 12.7. The highest BCUT2D eigenvalue weighted by atomic mass is 19.4. The zero-order chi connectivity index (χ0) is 14.8. The van der Waals surface area contributed by atoms with Gasteiger partial charge in [-0.2, -0.15) is 22.0 Å². The van der Waals surface area contributed by atoms with Crippen LogP contribution >= 0.6 is 0 Å². The highest BCUT2D eigenvalue weighted by Gasteiger charge is 2.58. The number of hydrogen-bond donors (Lipinski definition) is 1. The average Bonchev–Trinajstić information content (AvgIpc) is 2.27. The molecule has 0 aromatic heterocycles. The van der Waals surface area contributed by atoms with Gasteiger partial charge < -0.3 is 5.11 Å². The fourth-order valence-corrected chi connectivity index (χ4v) is 1.32. The van der Waals surface area contributed by atoms with Crippen LogP contribution in [0.2, 0.25) is 0 Å². The van der Waals surface area contributed by atoms with Crippen molar-refractivity contribution in [1.29, 1.82) is 0 Å². The second-order valence-electron chi connectivity index (χ2n) is 3.77. The van der Waals surface area contributed by atoms with Gasteiger partial charge in [-0.3, -0.25) is 10.1 Å². The summed E-state index contributed by atoms with van der Waals surface area (Å²) in [5.41, 5.74) is -0.884. The Morgan fingerprint density at radius 3 is 2.32 bits per heavy atom. The number of benzene rings is 1. The van der Waals surface area contributed by atoms with E-state index in [2.05, 4.69) is 0 Å². The Bertz CT molecular complexity index is 474. The van der Waals surface area contributed by atoms with E-state index in [-0.39, 0.29) is 5.56 Å². The minimum Gasteiger partial charge on any atom is -0.388 e. The van der Waals surface area contributed by atoms with Crippen LogP contribution in [0.3, 0.4) is 0 Å². The molecule has 1 rings (SSSR count). The minimum absolute atomic E-state index is 0.377. The number of nitrogens with zero attached hydrogens (tertiary/aromatic N) is 1. The molecular weight excluding hydrogens is 277 g/mol. The Morgan fingerprint density at radius 1 is 1.26 bits per heavy atom. The number of aliphatic hydroxyl groups excluding tert-OH is 1. The molecule has 1 N–H and O–H groups in total. The number of nitro groups is 1. The molecule has 0 aliphatic rings. The maximum Gasteiger partial charge on any atom is 0.453 e. The average molecular weight is 285 g/mol. The molecule has 0 aliphatic carbocycles. The molecule has 4 nitrogen and oxygen atoms in total. The van der Waals surface area contributed by atoms with Gasteiger partial charge in [-0.15, -0.1) is 0 Å². The first-order valence-corrected chi connectivity index (χ1v) is 4.91. The van der Waals surface area contributed by atoms with E-state index in [4.69, 9.17) is 0 Å². The predicted octanol–water partition coefficient (Wildman–Crippen LogP) is 3.22. The van der Waals surface area contributed by atoms with Crippen molar-refractivity contribution in [2.75, 3.05) is 0 Å². The Kier molecular flexibility index (Phi) is 4.09. The topological polar surface area (TPSA) is 63.4 Å². The number of hydrogen-bond acceptors (Lipinski definition) is 3. The second kappa shape index (κ2) is 5.08. The summed E-state index contributed by atoms with van der Waals surface area (Å²) < 4.78 is 61.3. The first kappa shape index (κ1) is 15.3. The van der Waals surface area contributed by atoms with Gasteiger partial charge in [0.25, 0.3) is 5.69 Å². The third-order valence-corrected chi connectivity index (χ3v) is 2.33. The normalized spacial score (nSPS) is 14.2. The quantitative estimate of drug-likeness (QED) is 0.525. The van der Waals surface area contributed by atoms with Crippen LogP contribution in [0.4, 0.5) is 27.6 Å². The number of nitro benzene ring substituents is 1. The Hall–Kier alpha value is -1.77. The Labute approximate surface area is 103 Å². The zero-order valence-corrected chi connectivity index (χ0v) is 9.19. The Balaban J connectivity index is 2.93. The summed E-state index contributed by atoms with van der Waals surface area (Å²) >= 11 is 0. The molecule has 0 spiro atoms. The van der Waals surface area contributed by atoms with Crippen LogP contribution in [-0.4, -0.2) is 22.1 Å². The maximum absolute atomic E-state index is 12.7. The van der Waals surface area contributed by atoms with Gasteiger partial charge in [-0.25, -0.2) is 0 Å². The molecule has 0 heterocycles. The molecule has 0 saturated heterocycles. The third-order valence-electron chi connectivity index (χ3n) is 2.33. The summed E-state index contributed by atoms with van der Waals surface area (Å²) in [5, 5.41) is 19.7. The highest BCUT2D eigenvalue weighted by molar-refractivity contribution is 5.35. The number of alkyl halides is 5. The van der Waals surface area contributed by atoms with E-state index in [1.165, 1.54) is 0 Å².